The number of hydrogen-bond acceptors (Lipinski definition) is 6. The highest BCUT2D eigenvalue weighted by Gasteiger charge is 2.26. The van der Waals surface area contributed by atoms with Gasteiger partial charge in [-0.25, -0.2) is 4.68 Å². The molecule has 0 spiro atoms. The second kappa shape index (κ2) is 7.95. The normalized spacial score (nSPS) is 14.2. The van der Waals surface area contributed by atoms with Crippen molar-refractivity contribution in [3.8, 4) is 22.7 Å². The first-order valence-corrected chi connectivity index (χ1v) is 9.88. The van der Waals surface area contributed by atoms with E-state index in [9.17, 15) is 4.79 Å². The number of rotatable bonds is 5. The monoisotopic (exact) mass is 408 g/mol. The van der Waals surface area contributed by atoms with Crippen molar-refractivity contribution >= 4 is 40.4 Å². The van der Waals surface area contributed by atoms with Crippen LogP contribution >= 0.6 is 24.0 Å². The zero-order chi connectivity index (χ0) is 19.5. The molecule has 2 heterocycles. The van der Waals surface area contributed by atoms with Crippen LogP contribution in [0.2, 0.25) is 0 Å². The van der Waals surface area contributed by atoms with E-state index in [0.717, 1.165) is 28.3 Å². The minimum atomic E-state index is -0.118. The van der Waals surface area contributed by atoms with Gasteiger partial charge in [-0.2, -0.15) is 15.2 Å². The first-order chi connectivity index (χ1) is 13.7. The molecule has 2 aromatic carbocycles. The van der Waals surface area contributed by atoms with Crippen LogP contribution in [0.1, 0.15) is 5.56 Å². The number of carbonyl (C=O) groups excluding carboxylic acids is 1. The number of thioether (sulfide) groups is 1. The highest BCUT2D eigenvalue weighted by molar-refractivity contribution is 8.23. The molecule has 6 nitrogen and oxygen atoms in total. The van der Waals surface area contributed by atoms with Crippen molar-refractivity contribution in [1.82, 2.24) is 14.8 Å². The van der Waals surface area contributed by atoms with Crippen LogP contribution in [0, 0.1) is 0 Å². The van der Waals surface area contributed by atoms with Crippen LogP contribution in [0.15, 0.2) is 65.9 Å². The number of amides is 1. The number of benzene rings is 2. The maximum atomic E-state index is 11.9. The van der Waals surface area contributed by atoms with Crippen LogP contribution in [0.3, 0.4) is 0 Å². The molecular weight excluding hydrogens is 392 g/mol. The molecule has 1 aliphatic heterocycles. The highest BCUT2D eigenvalue weighted by atomic mass is 32.2. The van der Waals surface area contributed by atoms with E-state index >= 15 is 0 Å². The Balaban J connectivity index is 1.75. The average Bonchev–Trinajstić information content (AvgIpc) is 3.30. The zero-order valence-electron chi connectivity index (χ0n) is 15.0. The molecule has 8 heteroatoms. The first kappa shape index (κ1) is 18.4. The van der Waals surface area contributed by atoms with Gasteiger partial charge in [-0.15, -0.1) is 0 Å². The van der Waals surface area contributed by atoms with Gasteiger partial charge in [0.05, 0.1) is 24.8 Å². The molecule has 1 fully saturated rings. The zero-order valence-corrected chi connectivity index (χ0v) is 16.6. The largest absolute Gasteiger partial charge is 0.497 e. The molecule has 0 bridgehead atoms. The Morgan fingerprint density at radius 1 is 1.18 bits per heavy atom. The van der Waals surface area contributed by atoms with Crippen molar-refractivity contribution in [2.24, 2.45) is 5.10 Å². The molecule has 0 N–H and O–H groups in total. The number of nitrogens with zero attached hydrogens (tertiary/aromatic N) is 4. The Kier molecular flexibility index (Phi) is 5.23. The Morgan fingerprint density at radius 2 is 1.93 bits per heavy atom. The predicted octanol–water partition coefficient (Wildman–Crippen LogP) is 3.74. The van der Waals surface area contributed by atoms with E-state index in [1.807, 2.05) is 60.8 Å². The summed E-state index contributed by atoms with van der Waals surface area (Å²) in [4.78, 5) is 11.9. The fraction of sp³-hybridized carbons (Fsp3) is 0.100. The van der Waals surface area contributed by atoms with Crippen LogP contribution in [0.4, 0.5) is 0 Å². The lowest BCUT2D eigenvalue weighted by atomic mass is 10.1. The van der Waals surface area contributed by atoms with Crippen molar-refractivity contribution in [2.75, 3.05) is 12.9 Å². The average molecular weight is 409 g/mol. The van der Waals surface area contributed by atoms with E-state index < -0.39 is 0 Å². The van der Waals surface area contributed by atoms with E-state index in [0.29, 0.717) is 10.1 Å². The van der Waals surface area contributed by atoms with E-state index in [2.05, 4.69) is 5.10 Å². The van der Waals surface area contributed by atoms with Crippen LogP contribution in [0.25, 0.3) is 16.9 Å². The Labute approximate surface area is 171 Å². The van der Waals surface area contributed by atoms with Gasteiger partial charge >= 0.3 is 0 Å². The third-order valence-corrected chi connectivity index (χ3v) is 5.50. The van der Waals surface area contributed by atoms with Gasteiger partial charge in [-0.3, -0.25) is 4.79 Å². The molecule has 1 aromatic heterocycles. The van der Waals surface area contributed by atoms with Crippen LogP contribution in [-0.2, 0) is 4.79 Å². The summed E-state index contributed by atoms with van der Waals surface area (Å²) in [6.45, 7) is 0. The van der Waals surface area contributed by atoms with Crippen LogP contribution in [-0.4, -0.2) is 44.1 Å². The summed E-state index contributed by atoms with van der Waals surface area (Å²) in [6.07, 6.45) is 3.51. The number of carbonyl (C=O) groups is 1. The van der Waals surface area contributed by atoms with Gasteiger partial charge in [-0.1, -0.05) is 42.2 Å². The number of methoxy groups -OCH3 is 1. The third-order valence-electron chi connectivity index (χ3n) is 4.17. The van der Waals surface area contributed by atoms with Gasteiger partial charge in [0, 0.05) is 17.3 Å². The second-order valence-corrected chi connectivity index (χ2v) is 7.56. The van der Waals surface area contributed by atoms with Crippen molar-refractivity contribution in [1.29, 1.82) is 0 Å². The minimum absolute atomic E-state index is 0.118. The Hall–Kier alpha value is -2.97. The lowest BCUT2D eigenvalue weighted by molar-refractivity contribution is -0.123. The second-order valence-electron chi connectivity index (χ2n) is 5.95. The molecule has 4 rings (SSSR count). The van der Waals surface area contributed by atoms with E-state index in [1.165, 1.54) is 16.8 Å². The van der Waals surface area contributed by atoms with Gasteiger partial charge in [0.15, 0.2) is 4.32 Å². The minimum Gasteiger partial charge on any atom is -0.497 e. The SMILES string of the molecule is COc1ccc(-c2nn(-c3ccccc3)cc2/C=N\N2C(=O)CSC2=S)cc1. The lowest BCUT2D eigenvalue weighted by Gasteiger charge is -2.06. The van der Waals surface area contributed by atoms with Crippen molar-refractivity contribution in [3.05, 3.63) is 66.4 Å². The number of hydrazone groups is 1. The number of hydrogen-bond donors (Lipinski definition) is 0. The van der Waals surface area contributed by atoms with Gasteiger partial charge in [0.1, 0.15) is 11.4 Å². The number of para-hydroxylation sites is 1. The summed E-state index contributed by atoms with van der Waals surface area (Å²) in [7, 11) is 1.63. The predicted molar refractivity (Wildman–Crippen MR) is 115 cm³/mol. The molecule has 0 radical (unpaired) electrons. The molecule has 3 aromatic rings. The molecule has 0 aliphatic carbocycles. The van der Waals surface area contributed by atoms with Crippen molar-refractivity contribution in [2.45, 2.75) is 0 Å². The highest BCUT2D eigenvalue weighted by Crippen LogP contribution is 2.26. The summed E-state index contributed by atoms with van der Waals surface area (Å²) < 4.78 is 7.49. The number of thiocarbonyl (C=S) groups is 1. The molecule has 1 saturated heterocycles. The summed E-state index contributed by atoms with van der Waals surface area (Å²) in [5.74, 6) is 0.976. The molecule has 140 valence electrons. The van der Waals surface area contributed by atoms with Crippen LogP contribution < -0.4 is 4.74 Å². The van der Waals surface area contributed by atoms with Crippen molar-refractivity contribution < 1.29 is 9.53 Å². The molecule has 1 aliphatic rings. The maximum absolute atomic E-state index is 11.9. The van der Waals surface area contributed by atoms with Crippen LogP contribution in [0.5, 0.6) is 5.75 Å². The van der Waals surface area contributed by atoms with E-state index in [-0.39, 0.29) is 5.91 Å². The Morgan fingerprint density at radius 3 is 2.57 bits per heavy atom. The first-order valence-electron chi connectivity index (χ1n) is 8.49. The summed E-state index contributed by atoms with van der Waals surface area (Å²) in [6, 6.07) is 17.5. The standard InChI is InChI=1S/C20H16N4O2S2/c1-26-17-9-7-14(8-10-17)19-15(11-21-24-18(25)13-28-20(24)27)12-23(22-19)16-5-3-2-4-6-16/h2-12H,13H2,1H3/b21-11-. The van der Waals surface area contributed by atoms with Gasteiger partial charge in [0.25, 0.3) is 5.91 Å². The molecule has 0 unspecified atom stereocenters. The smallest absolute Gasteiger partial charge is 0.259 e. The van der Waals surface area contributed by atoms with Crippen molar-refractivity contribution in [3.63, 3.8) is 0 Å². The third kappa shape index (κ3) is 3.69. The maximum Gasteiger partial charge on any atom is 0.259 e. The quantitative estimate of drug-likeness (QED) is 0.475. The van der Waals surface area contributed by atoms with Gasteiger partial charge in [-0.05, 0) is 36.4 Å². The van der Waals surface area contributed by atoms with Gasteiger partial charge < -0.3 is 4.74 Å². The molecule has 0 atom stereocenters. The Bertz CT molecular complexity index is 1030. The summed E-state index contributed by atoms with van der Waals surface area (Å²) in [5, 5.41) is 10.3. The lowest BCUT2D eigenvalue weighted by Crippen LogP contribution is -2.22. The fourth-order valence-corrected chi connectivity index (χ4v) is 3.71. The van der Waals surface area contributed by atoms with E-state index in [1.54, 1.807) is 18.0 Å². The summed E-state index contributed by atoms with van der Waals surface area (Å²) in [5.41, 5.74) is 3.38. The molecule has 0 saturated carbocycles. The number of aromatic nitrogens is 2. The molecule has 28 heavy (non-hydrogen) atoms. The van der Waals surface area contributed by atoms with Gasteiger partial charge in [0.2, 0.25) is 0 Å². The topological polar surface area (TPSA) is 59.7 Å². The van der Waals surface area contributed by atoms with E-state index in [4.69, 9.17) is 22.1 Å². The molecular formula is C20H16N4O2S2. The molecule has 1 amide bonds. The fourth-order valence-electron chi connectivity index (χ4n) is 2.75. The summed E-state index contributed by atoms with van der Waals surface area (Å²) >= 11 is 6.50. The number of ether oxygens (including phenoxy) is 1.